The van der Waals surface area contributed by atoms with Gasteiger partial charge in [-0.1, -0.05) is 0 Å². The van der Waals surface area contributed by atoms with E-state index in [1.54, 1.807) is 12.1 Å². The maximum Gasteiger partial charge on any atom is 0.449 e. The van der Waals surface area contributed by atoms with Crippen molar-refractivity contribution in [3.63, 3.8) is 0 Å². The summed E-state index contributed by atoms with van der Waals surface area (Å²) in [6, 6.07) is 3.32. The molecule has 0 saturated heterocycles. The van der Waals surface area contributed by atoms with Gasteiger partial charge in [0.25, 0.3) is 0 Å². The zero-order valence-corrected chi connectivity index (χ0v) is 8.24. The van der Waals surface area contributed by atoms with Crippen LogP contribution in [0.3, 0.4) is 0 Å². The molecule has 1 heterocycles. The lowest BCUT2D eigenvalue weighted by Crippen LogP contribution is -2.06. The summed E-state index contributed by atoms with van der Waals surface area (Å²) in [6.45, 7) is 3.69. The molecule has 80 valence electrons. The van der Waals surface area contributed by atoms with E-state index >= 15 is 0 Å². The molecular formula is C10H9F3N2. The summed E-state index contributed by atoms with van der Waals surface area (Å²) in [5.74, 6) is -0.942. The van der Waals surface area contributed by atoms with Gasteiger partial charge in [-0.2, -0.15) is 13.2 Å². The second kappa shape index (κ2) is 2.98. The highest BCUT2D eigenvalue weighted by atomic mass is 19.4. The van der Waals surface area contributed by atoms with Gasteiger partial charge in [-0.3, -0.25) is 0 Å². The van der Waals surface area contributed by atoms with Crippen molar-refractivity contribution in [2.45, 2.75) is 20.0 Å². The maximum absolute atomic E-state index is 12.3. The third-order valence-corrected chi connectivity index (χ3v) is 2.37. The Balaban J connectivity index is 2.66. The highest BCUT2D eigenvalue weighted by molar-refractivity contribution is 5.77. The number of halogens is 3. The highest BCUT2D eigenvalue weighted by Crippen LogP contribution is 2.29. The minimum absolute atomic E-state index is 0.352. The Bertz CT molecular complexity index is 472. The van der Waals surface area contributed by atoms with Crippen LogP contribution < -0.4 is 0 Å². The van der Waals surface area contributed by atoms with Crippen molar-refractivity contribution in [2.75, 3.05) is 0 Å². The van der Waals surface area contributed by atoms with E-state index in [-0.39, 0.29) is 0 Å². The lowest BCUT2D eigenvalue weighted by Gasteiger charge is -1.99. The molecular weight excluding hydrogens is 205 g/mol. The fourth-order valence-electron chi connectivity index (χ4n) is 1.40. The molecule has 1 aromatic carbocycles. The molecule has 1 aromatic heterocycles. The Hall–Kier alpha value is -1.52. The molecule has 1 N–H and O–H groups in total. The zero-order chi connectivity index (χ0) is 11.2. The van der Waals surface area contributed by atoms with E-state index in [0.29, 0.717) is 11.0 Å². The molecule has 0 amide bonds. The van der Waals surface area contributed by atoms with Gasteiger partial charge in [-0.15, -0.1) is 0 Å². The lowest BCUT2D eigenvalue weighted by atomic mass is 10.1. The van der Waals surface area contributed by atoms with Gasteiger partial charge in [0.05, 0.1) is 11.0 Å². The largest absolute Gasteiger partial charge is 0.449 e. The molecule has 0 radical (unpaired) electrons. The second-order valence-corrected chi connectivity index (χ2v) is 3.54. The second-order valence-electron chi connectivity index (χ2n) is 3.54. The molecule has 0 aliphatic heterocycles. The highest BCUT2D eigenvalue weighted by Gasteiger charge is 2.34. The fourth-order valence-corrected chi connectivity index (χ4v) is 1.40. The predicted molar refractivity (Wildman–Crippen MR) is 50.6 cm³/mol. The van der Waals surface area contributed by atoms with Crippen LogP contribution in [0.4, 0.5) is 13.2 Å². The first-order valence-electron chi connectivity index (χ1n) is 4.42. The Morgan fingerprint density at radius 3 is 2.33 bits per heavy atom. The van der Waals surface area contributed by atoms with Gasteiger partial charge in [-0.25, -0.2) is 4.98 Å². The van der Waals surface area contributed by atoms with Crippen LogP contribution in [0, 0.1) is 13.8 Å². The number of hydrogen-bond donors (Lipinski definition) is 1. The summed E-state index contributed by atoms with van der Waals surface area (Å²) >= 11 is 0. The van der Waals surface area contributed by atoms with Gasteiger partial charge in [0.2, 0.25) is 5.82 Å². The van der Waals surface area contributed by atoms with Crippen molar-refractivity contribution < 1.29 is 13.2 Å². The molecule has 0 spiro atoms. The number of aromatic amines is 1. The summed E-state index contributed by atoms with van der Waals surface area (Å²) in [5, 5.41) is 0. The number of alkyl halides is 3. The smallest absolute Gasteiger partial charge is 0.334 e. The van der Waals surface area contributed by atoms with Crippen LogP contribution in [0.5, 0.6) is 0 Å². The average molecular weight is 214 g/mol. The molecule has 0 atom stereocenters. The number of aryl methyl sites for hydroxylation is 2. The van der Waals surface area contributed by atoms with Gasteiger partial charge in [-0.05, 0) is 37.1 Å². The predicted octanol–water partition coefficient (Wildman–Crippen LogP) is 3.20. The molecule has 0 saturated carbocycles. The van der Waals surface area contributed by atoms with Gasteiger partial charge >= 0.3 is 6.18 Å². The number of rotatable bonds is 0. The van der Waals surface area contributed by atoms with Crippen molar-refractivity contribution in [1.29, 1.82) is 0 Å². The molecule has 2 nitrogen and oxygen atoms in total. The number of fused-ring (bicyclic) bond motifs is 1. The molecule has 0 fully saturated rings. The van der Waals surface area contributed by atoms with Crippen LogP contribution in [0.15, 0.2) is 12.1 Å². The first kappa shape index (κ1) is 10.0. The van der Waals surface area contributed by atoms with E-state index in [9.17, 15) is 13.2 Å². The Morgan fingerprint density at radius 1 is 1.13 bits per heavy atom. The number of hydrogen-bond acceptors (Lipinski definition) is 1. The summed E-state index contributed by atoms with van der Waals surface area (Å²) in [4.78, 5) is 5.77. The molecule has 0 bridgehead atoms. The van der Waals surface area contributed by atoms with Crippen LogP contribution in [0.25, 0.3) is 11.0 Å². The van der Waals surface area contributed by atoms with E-state index in [1.807, 2.05) is 13.8 Å². The van der Waals surface area contributed by atoms with E-state index in [4.69, 9.17) is 0 Å². The van der Waals surface area contributed by atoms with Crippen LogP contribution in [-0.2, 0) is 6.18 Å². The lowest BCUT2D eigenvalue weighted by molar-refractivity contribution is -0.144. The number of nitrogens with one attached hydrogen (secondary N) is 1. The molecule has 2 rings (SSSR count). The number of imidazole rings is 1. The van der Waals surface area contributed by atoms with Crippen LogP contribution in [0.2, 0.25) is 0 Å². The Labute approximate surface area is 84.1 Å². The standard InChI is InChI=1S/C10H9F3N2/c1-5-3-7-8(4-6(5)2)15-9(14-7)10(11,12)13/h3-4H,1-2H3,(H,14,15). The normalized spacial score (nSPS) is 12.3. The first-order valence-corrected chi connectivity index (χ1v) is 4.42. The summed E-state index contributed by atoms with van der Waals surface area (Å²) in [5.41, 5.74) is 2.65. The SMILES string of the molecule is Cc1cc2nc(C(F)(F)F)[nH]c2cc1C. The van der Waals surface area contributed by atoms with Gasteiger partial charge in [0, 0.05) is 0 Å². The van der Waals surface area contributed by atoms with Gasteiger partial charge in [0.1, 0.15) is 0 Å². The number of aromatic nitrogens is 2. The topological polar surface area (TPSA) is 28.7 Å². The molecule has 15 heavy (non-hydrogen) atoms. The molecule has 0 aliphatic carbocycles. The summed E-state index contributed by atoms with van der Waals surface area (Å²) in [7, 11) is 0. The average Bonchev–Trinajstić information content (AvgIpc) is 2.47. The fraction of sp³-hybridized carbons (Fsp3) is 0.300. The van der Waals surface area contributed by atoms with Gasteiger partial charge in [0.15, 0.2) is 0 Å². The van der Waals surface area contributed by atoms with E-state index in [1.165, 1.54) is 0 Å². The monoisotopic (exact) mass is 214 g/mol. The third kappa shape index (κ3) is 1.69. The van der Waals surface area contributed by atoms with Crippen molar-refractivity contribution in [1.82, 2.24) is 9.97 Å². The number of benzene rings is 1. The van der Waals surface area contributed by atoms with E-state index in [2.05, 4.69) is 9.97 Å². The molecule has 0 unspecified atom stereocenters. The Morgan fingerprint density at radius 2 is 1.73 bits per heavy atom. The van der Waals surface area contributed by atoms with E-state index in [0.717, 1.165) is 11.1 Å². The quantitative estimate of drug-likeness (QED) is 0.716. The molecule has 5 heteroatoms. The van der Waals surface area contributed by atoms with Crippen LogP contribution >= 0.6 is 0 Å². The number of H-pyrrole nitrogens is 1. The van der Waals surface area contributed by atoms with Crippen molar-refractivity contribution >= 4 is 11.0 Å². The van der Waals surface area contributed by atoms with Crippen molar-refractivity contribution in [3.8, 4) is 0 Å². The van der Waals surface area contributed by atoms with Crippen molar-refractivity contribution in [2.24, 2.45) is 0 Å². The summed E-state index contributed by atoms with van der Waals surface area (Å²) in [6.07, 6.45) is -4.42. The van der Waals surface area contributed by atoms with Crippen LogP contribution in [0.1, 0.15) is 17.0 Å². The van der Waals surface area contributed by atoms with Gasteiger partial charge < -0.3 is 4.98 Å². The third-order valence-electron chi connectivity index (χ3n) is 2.37. The number of nitrogens with zero attached hydrogens (tertiary/aromatic N) is 1. The molecule has 0 aliphatic rings. The summed E-state index contributed by atoms with van der Waals surface area (Å²) < 4.78 is 37.0. The maximum atomic E-state index is 12.3. The minimum Gasteiger partial charge on any atom is -0.334 e. The van der Waals surface area contributed by atoms with Crippen LogP contribution in [-0.4, -0.2) is 9.97 Å². The Kier molecular flexibility index (Phi) is 1.99. The zero-order valence-electron chi connectivity index (χ0n) is 8.24. The minimum atomic E-state index is -4.42. The van der Waals surface area contributed by atoms with Crippen molar-refractivity contribution in [3.05, 3.63) is 29.1 Å². The first-order chi connectivity index (χ1) is 6.88. The van der Waals surface area contributed by atoms with E-state index < -0.39 is 12.0 Å². The molecule has 2 aromatic rings.